The van der Waals surface area contributed by atoms with E-state index in [1.54, 1.807) is 0 Å². The summed E-state index contributed by atoms with van der Waals surface area (Å²) in [4.78, 5) is 69.8. The average Bonchev–Trinajstić information content (AvgIpc) is 2.92. The quantitative estimate of drug-likeness (QED) is 0.0411. The third-order valence-electron chi connectivity index (χ3n) is 5.89. The number of carboxylic acids is 2. The number of hydrogen-bond donors (Lipinski definition) is 11. The van der Waals surface area contributed by atoms with E-state index in [0.29, 0.717) is 12.0 Å². The molecule has 4 unspecified atom stereocenters. The first-order valence-electron chi connectivity index (χ1n) is 13.2. The number of carbonyl (C=O) groups is 5. The van der Waals surface area contributed by atoms with Gasteiger partial charge in [-0.3, -0.25) is 29.2 Å². The van der Waals surface area contributed by atoms with Crippen LogP contribution < -0.4 is 44.6 Å². The van der Waals surface area contributed by atoms with Crippen molar-refractivity contribution in [1.29, 1.82) is 0 Å². The van der Waals surface area contributed by atoms with Crippen LogP contribution in [0.25, 0.3) is 0 Å². The van der Waals surface area contributed by atoms with E-state index < -0.39 is 60.2 Å². The molecule has 0 aliphatic carbocycles. The van der Waals surface area contributed by atoms with E-state index in [9.17, 15) is 39.3 Å². The lowest BCUT2D eigenvalue weighted by Crippen LogP contribution is -2.57. The van der Waals surface area contributed by atoms with E-state index in [4.69, 9.17) is 28.7 Å². The minimum Gasteiger partial charge on any atom is -0.508 e. The van der Waals surface area contributed by atoms with E-state index >= 15 is 0 Å². The Morgan fingerprint density at radius 1 is 0.721 bits per heavy atom. The maximum Gasteiger partial charge on any atom is 0.326 e. The number of carboxylic acid groups (broad SMARTS) is 2. The Kier molecular flexibility index (Phi) is 15.3. The number of phenolic OH excluding ortho intramolecular Hbond substituents is 1. The number of aliphatic carboxylic acids is 2. The molecule has 0 spiro atoms. The molecule has 0 heterocycles. The largest absolute Gasteiger partial charge is 0.508 e. The van der Waals surface area contributed by atoms with Gasteiger partial charge in [0.1, 0.15) is 23.9 Å². The lowest BCUT2D eigenvalue weighted by Gasteiger charge is -2.24. The van der Waals surface area contributed by atoms with Crippen LogP contribution in [0.3, 0.4) is 0 Å². The van der Waals surface area contributed by atoms with Crippen LogP contribution in [0.2, 0.25) is 0 Å². The van der Waals surface area contributed by atoms with Gasteiger partial charge in [0.2, 0.25) is 17.7 Å². The summed E-state index contributed by atoms with van der Waals surface area (Å²) in [6.07, 6.45) is -0.355. The van der Waals surface area contributed by atoms with Gasteiger partial charge in [0.05, 0.1) is 12.5 Å². The highest BCUT2D eigenvalue weighted by molar-refractivity contribution is 5.95. The SMILES string of the molecule is NC(N)=NCCCC(N)C(=O)NC(CCCN=C(N)N)C(=O)NC(CC(=O)O)C(=O)NC(Cc1ccc(O)cc1)C(=O)O. The molecule has 0 fully saturated rings. The molecular weight excluding hydrogens is 568 g/mol. The van der Waals surface area contributed by atoms with Crippen molar-refractivity contribution in [1.82, 2.24) is 16.0 Å². The third kappa shape index (κ3) is 14.9. The van der Waals surface area contributed by atoms with Gasteiger partial charge in [-0.15, -0.1) is 0 Å². The number of phenols is 1. The zero-order chi connectivity index (χ0) is 32.5. The van der Waals surface area contributed by atoms with Crippen molar-refractivity contribution in [3.63, 3.8) is 0 Å². The number of nitrogens with two attached hydrogens (primary N) is 5. The Bertz CT molecular complexity index is 1170. The first-order chi connectivity index (χ1) is 20.2. The van der Waals surface area contributed by atoms with Crippen LogP contribution in [0.4, 0.5) is 0 Å². The van der Waals surface area contributed by atoms with Crippen molar-refractivity contribution in [2.24, 2.45) is 38.7 Å². The number of rotatable bonds is 19. The molecule has 0 bridgehead atoms. The molecule has 0 aliphatic heterocycles. The molecule has 3 amide bonds. The summed E-state index contributed by atoms with van der Waals surface area (Å²) in [6.45, 7) is 0.324. The summed E-state index contributed by atoms with van der Waals surface area (Å²) in [6, 6.07) is 0.0690. The third-order valence-corrected chi connectivity index (χ3v) is 5.89. The standard InChI is InChI=1S/C25H40N10O8/c26-15(3-1-9-31-24(27)28)20(39)33-16(4-2-10-32-25(29)30)21(40)34-17(12-19(37)38)22(41)35-18(23(42)43)11-13-5-7-14(36)8-6-13/h5-8,15-18,36H,1-4,9-12,26H2,(H,33,39)(H,34,40)(H,35,41)(H,37,38)(H,42,43)(H4,27,28,31)(H4,29,30,32). The molecule has 238 valence electrons. The smallest absolute Gasteiger partial charge is 0.326 e. The fourth-order valence-electron chi connectivity index (χ4n) is 3.70. The van der Waals surface area contributed by atoms with Crippen molar-refractivity contribution in [2.45, 2.75) is 62.7 Å². The Balaban J connectivity index is 3.04. The molecule has 1 aromatic rings. The van der Waals surface area contributed by atoms with E-state index in [1.165, 1.54) is 24.3 Å². The van der Waals surface area contributed by atoms with Gasteiger partial charge < -0.3 is 59.9 Å². The molecule has 0 aromatic heterocycles. The highest BCUT2D eigenvalue weighted by Crippen LogP contribution is 2.12. The van der Waals surface area contributed by atoms with Crippen LogP contribution in [0.5, 0.6) is 5.75 Å². The summed E-state index contributed by atoms with van der Waals surface area (Å²) in [7, 11) is 0. The number of benzene rings is 1. The minimum atomic E-state index is -1.70. The number of hydrogen-bond acceptors (Lipinski definition) is 9. The fraction of sp³-hybridized carbons (Fsp3) is 0.480. The molecule has 18 nitrogen and oxygen atoms in total. The van der Waals surface area contributed by atoms with Crippen LogP contribution in [-0.4, -0.2) is 94.2 Å². The number of amides is 3. The Morgan fingerprint density at radius 3 is 1.72 bits per heavy atom. The summed E-state index contributed by atoms with van der Waals surface area (Å²) in [5.74, 6) is -5.93. The van der Waals surface area contributed by atoms with E-state index in [0.717, 1.165) is 0 Å². The predicted molar refractivity (Wildman–Crippen MR) is 155 cm³/mol. The summed E-state index contributed by atoms with van der Waals surface area (Å²) in [5.41, 5.74) is 27.5. The average molecular weight is 609 g/mol. The highest BCUT2D eigenvalue weighted by atomic mass is 16.4. The second-order valence-corrected chi connectivity index (χ2v) is 9.49. The second-order valence-electron chi connectivity index (χ2n) is 9.49. The molecule has 0 saturated carbocycles. The van der Waals surface area contributed by atoms with Gasteiger partial charge in [-0.2, -0.15) is 0 Å². The predicted octanol–water partition coefficient (Wildman–Crippen LogP) is -3.62. The van der Waals surface area contributed by atoms with Crippen LogP contribution in [0.15, 0.2) is 34.3 Å². The van der Waals surface area contributed by atoms with Gasteiger partial charge in [0, 0.05) is 19.5 Å². The van der Waals surface area contributed by atoms with Gasteiger partial charge in [-0.05, 0) is 43.4 Å². The first kappa shape index (κ1) is 35.9. The van der Waals surface area contributed by atoms with Crippen LogP contribution >= 0.6 is 0 Å². The van der Waals surface area contributed by atoms with Crippen LogP contribution in [-0.2, 0) is 30.4 Å². The van der Waals surface area contributed by atoms with E-state index in [-0.39, 0.29) is 56.4 Å². The number of nitrogens with one attached hydrogen (secondary N) is 3. The van der Waals surface area contributed by atoms with Crippen molar-refractivity contribution in [2.75, 3.05) is 13.1 Å². The second kappa shape index (κ2) is 18.3. The Hall–Kier alpha value is -5.13. The minimum absolute atomic E-state index is 0.0188. The zero-order valence-electron chi connectivity index (χ0n) is 23.4. The maximum absolute atomic E-state index is 13.2. The van der Waals surface area contributed by atoms with Crippen LogP contribution in [0, 0.1) is 0 Å². The molecular formula is C25H40N10O8. The van der Waals surface area contributed by atoms with Gasteiger partial charge in [-0.25, -0.2) is 4.79 Å². The zero-order valence-corrected chi connectivity index (χ0v) is 23.4. The number of nitrogens with zero attached hydrogens (tertiary/aromatic N) is 2. The fourth-order valence-corrected chi connectivity index (χ4v) is 3.70. The molecule has 43 heavy (non-hydrogen) atoms. The summed E-state index contributed by atoms with van der Waals surface area (Å²) >= 11 is 0. The molecule has 16 N–H and O–H groups in total. The molecule has 4 atom stereocenters. The topological polar surface area (TPSA) is 337 Å². The number of carbonyl (C=O) groups excluding carboxylic acids is 3. The molecule has 0 aliphatic rings. The highest BCUT2D eigenvalue weighted by Gasteiger charge is 2.31. The van der Waals surface area contributed by atoms with Gasteiger partial charge >= 0.3 is 11.9 Å². The van der Waals surface area contributed by atoms with Crippen molar-refractivity contribution < 1.29 is 39.3 Å². The summed E-state index contributed by atoms with van der Waals surface area (Å²) in [5, 5.41) is 35.4. The maximum atomic E-state index is 13.2. The van der Waals surface area contributed by atoms with Gasteiger partial charge in [0.15, 0.2) is 11.9 Å². The molecule has 18 heteroatoms. The monoisotopic (exact) mass is 608 g/mol. The molecule has 1 aromatic carbocycles. The first-order valence-corrected chi connectivity index (χ1v) is 13.2. The molecule has 0 radical (unpaired) electrons. The number of guanidine groups is 2. The van der Waals surface area contributed by atoms with Crippen molar-refractivity contribution in [3.05, 3.63) is 29.8 Å². The normalized spacial score (nSPS) is 13.3. The van der Waals surface area contributed by atoms with Crippen LogP contribution in [0.1, 0.15) is 37.7 Å². The molecule has 1 rings (SSSR count). The summed E-state index contributed by atoms with van der Waals surface area (Å²) < 4.78 is 0. The van der Waals surface area contributed by atoms with Gasteiger partial charge in [0.25, 0.3) is 0 Å². The lowest BCUT2D eigenvalue weighted by atomic mass is 10.0. The van der Waals surface area contributed by atoms with Crippen molar-refractivity contribution in [3.8, 4) is 5.75 Å². The molecule has 0 saturated heterocycles. The Labute approximate surface area is 247 Å². The Morgan fingerprint density at radius 2 is 1.21 bits per heavy atom. The van der Waals surface area contributed by atoms with E-state index in [1.807, 2.05) is 0 Å². The number of aliphatic imine (C=N–C) groups is 2. The van der Waals surface area contributed by atoms with Crippen molar-refractivity contribution >= 4 is 41.6 Å². The number of aromatic hydroxyl groups is 1. The van der Waals surface area contributed by atoms with E-state index in [2.05, 4.69) is 25.9 Å². The van der Waals surface area contributed by atoms with Gasteiger partial charge in [-0.1, -0.05) is 12.1 Å². The lowest BCUT2D eigenvalue weighted by molar-refractivity contribution is -0.143.